The number of sulfone groups is 1. The minimum absolute atomic E-state index is 0.185. The van der Waals surface area contributed by atoms with Crippen molar-refractivity contribution in [3.05, 3.63) is 36.0 Å². The second-order valence-corrected chi connectivity index (χ2v) is 9.84. The number of benzene rings is 1. The first kappa shape index (κ1) is 23.6. The second kappa shape index (κ2) is 10.0. The van der Waals surface area contributed by atoms with Gasteiger partial charge in [-0.25, -0.2) is 18.4 Å². The molecule has 10 nitrogen and oxygen atoms in total. The first-order valence-electron chi connectivity index (χ1n) is 10.2. The van der Waals surface area contributed by atoms with Crippen LogP contribution in [0.25, 0.3) is 11.4 Å². The summed E-state index contributed by atoms with van der Waals surface area (Å²) in [7, 11) is -3.27. The van der Waals surface area contributed by atoms with Gasteiger partial charge in [0.1, 0.15) is 11.9 Å². The first-order valence-corrected chi connectivity index (χ1v) is 12.2. The maximum Gasteiger partial charge on any atom is 0.246 e. The molecule has 1 unspecified atom stereocenters. The van der Waals surface area contributed by atoms with Gasteiger partial charge in [-0.05, 0) is 31.2 Å². The highest BCUT2D eigenvalue weighted by Gasteiger charge is 2.18. The minimum Gasteiger partial charge on any atom is -0.378 e. The third kappa shape index (κ3) is 6.72. The molecule has 1 aromatic carbocycles. The molecule has 1 aromatic heterocycles. The van der Waals surface area contributed by atoms with Crippen molar-refractivity contribution in [2.45, 2.75) is 25.6 Å². The molecule has 3 rings (SSSR count). The number of carbonyl (C=O) groups excluding carboxylic acids is 2. The van der Waals surface area contributed by atoms with E-state index in [1.54, 1.807) is 37.3 Å². The van der Waals surface area contributed by atoms with Crippen LogP contribution in [0.2, 0.25) is 0 Å². The number of anilines is 2. The maximum atomic E-state index is 12.2. The number of nitrogens with zero attached hydrogens (tertiary/aromatic N) is 3. The zero-order chi connectivity index (χ0) is 23.3. The van der Waals surface area contributed by atoms with E-state index in [-0.39, 0.29) is 17.6 Å². The Morgan fingerprint density at radius 2 is 1.81 bits per heavy atom. The SMILES string of the molecule is CC(=O)NC(C)C(=O)Nc1ccc(-c2nc(CS(C)(=O)=O)cc(N3CCOCC3)n2)cc1. The van der Waals surface area contributed by atoms with E-state index in [0.717, 1.165) is 0 Å². The second-order valence-electron chi connectivity index (χ2n) is 7.70. The summed E-state index contributed by atoms with van der Waals surface area (Å²) in [5.41, 5.74) is 1.65. The van der Waals surface area contributed by atoms with Crippen LogP contribution in [0, 0.1) is 0 Å². The first-order chi connectivity index (χ1) is 15.1. The molecule has 0 bridgehead atoms. The molecule has 1 atom stereocenters. The standard InChI is InChI=1S/C21H27N5O5S/c1-14(22-15(2)27)21(28)24-17-6-4-16(5-7-17)20-23-18(13-32(3,29)30)12-19(25-20)26-8-10-31-11-9-26/h4-7,12,14H,8-11,13H2,1-3H3,(H,22,27)(H,24,28). The van der Waals surface area contributed by atoms with E-state index in [9.17, 15) is 18.0 Å². The molecule has 0 aliphatic carbocycles. The molecule has 32 heavy (non-hydrogen) atoms. The van der Waals surface area contributed by atoms with Crippen molar-refractivity contribution in [1.82, 2.24) is 15.3 Å². The van der Waals surface area contributed by atoms with Crippen molar-refractivity contribution in [3.8, 4) is 11.4 Å². The van der Waals surface area contributed by atoms with Gasteiger partial charge in [0.2, 0.25) is 11.8 Å². The number of morpholine rings is 1. The number of hydrogen-bond acceptors (Lipinski definition) is 8. The van der Waals surface area contributed by atoms with Crippen LogP contribution in [0.1, 0.15) is 19.5 Å². The molecular formula is C21H27N5O5S. The zero-order valence-corrected chi connectivity index (χ0v) is 19.1. The summed E-state index contributed by atoms with van der Waals surface area (Å²) < 4.78 is 29.1. The summed E-state index contributed by atoms with van der Waals surface area (Å²) in [5, 5.41) is 5.26. The predicted octanol–water partition coefficient (Wildman–Crippen LogP) is 0.988. The molecule has 0 spiro atoms. The Morgan fingerprint density at radius 1 is 1.16 bits per heavy atom. The van der Waals surface area contributed by atoms with Crippen LogP contribution in [0.3, 0.4) is 0 Å². The Bertz CT molecular complexity index is 1080. The van der Waals surface area contributed by atoms with Gasteiger partial charge in [-0.15, -0.1) is 0 Å². The third-order valence-corrected chi connectivity index (χ3v) is 5.55. The van der Waals surface area contributed by atoms with E-state index in [2.05, 4.69) is 20.6 Å². The summed E-state index contributed by atoms with van der Waals surface area (Å²) in [6, 6.07) is 7.94. The number of ether oxygens (including phenoxy) is 1. The average molecular weight is 462 g/mol. The molecule has 2 N–H and O–H groups in total. The predicted molar refractivity (Wildman–Crippen MR) is 121 cm³/mol. The van der Waals surface area contributed by atoms with Gasteiger partial charge in [-0.2, -0.15) is 0 Å². The van der Waals surface area contributed by atoms with Crippen LogP contribution in [0.5, 0.6) is 0 Å². The van der Waals surface area contributed by atoms with Gasteiger partial charge in [0.15, 0.2) is 15.7 Å². The van der Waals surface area contributed by atoms with Crippen molar-refractivity contribution in [2.75, 3.05) is 42.8 Å². The fourth-order valence-electron chi connectivity index (χ4n) is 3.23. The monoisotopic (exact) mass is 461 g/mol. The van der Waals surface area contributed by atoms with Gasteiger partial charge in [-0.1, -0.05) is 0 Å². The molecule has 1 aliphatic heterocycles. The van der Waals surface area contributed by atoms with E-state index >= 15 is 0 Å². The number of aromatic nitrogens is 2. The normalized spacial score (nSPS) is 15.2. The van der Waals surface area contributed by atoms with Gasteiger partial charge >= 0.3 is 0 Å². The number of hydrogen-bond donors (Lipinski definition) is 2. The van der Waals surface area contributed by atoms with Crippen molar-refractivity contribution in [2.24, 2.45) is 0 Å². The van der Waals surface area contributed by atoms with Crippen LogP contribution >= 0.6 is 0 Å². The molecule has 2 amide bonds. The minimum atomic E-state index is -3.27. The molecule has 1 fully saturated rings. The van der Waals surface area contributed by atoms with E-state index in [1.165, 1.54) is 13.2 Å². The highest BCUT2D eigenvalue weighted by Crippen LogP contribution is 2.23. The Labute approximate surface area is 187 Å². The number of nitrogens with one attached hydrogen (secondary N) is 2. The Kier molecular flexibility index (Phi) is 7.41. The van der Waals surface area contributed by atoms with Crippen LogP contribution in [0.4, 0.5) is 11.5 Å². The Balaban J connectivity index is 1.84. The molecule has 172 valence electrons. The largest absolute Gasteiger partial charge is 0.378 e. The van der Waals surface area contributed by atoms with E-state index in [0.29, 0.717) is 54.9 Å². The fourth-order valence-corrected chi connectivity index (χ4v) is 3.92. The summed E-state index contributed by atoms with van der Waals surface area (Å²) in [6.07, 6.45) is 1.17. The van der Waals surface area contributed by atoms with Crippen LogP contribution in [-0.2, 0) is 29.9 Å². The van der Waals surface area contributed by atoms with E-state index in [4.69, 9.17) is 4.74 Å². The third-order valence-electron chi connectivity index (χ3n) is 4.73. The lowest BCUT2D eigenvalue weighted by Gasteiger charge is -2.28. The lowest BCUT2D eigenvalue weighted by Crippen LogP contribution is -2.40. The number of rotatable bonds is 7. The molecule has 0 saturated carbocycles. The topological polar surface area (TPSA) is 131 Å². The quantitative estimate of drug-likeness (QED) is 0.624. The lowest BCUT2D eigenvalue weighted by molar-refractivity contribution is -0.124. The van der Waals surface area contributed by atoms with Crippen molar-refractivity contribution in [1.29, 1.82) is 0 Å². The molecular weight excluding hydrogens is 434 g/mol. The van der Waals surface area contributed by atoms with Crippen molar-refractivity contribution in [3.63, 3.8) is 0 Å². The van der Waals surface area contributed by atoms with Gasteiger partial charge in [-0.3, -0.25) is 9.59 Å². The van der Waals surface area contributed by atoms with E-state index in [1.807, 2.05) is 4.90 Å². The molecule has 11 heteroatoms. The summed E-state index contributed by atoms with van der Waals surface area (Å²) in [5.74, 6) is 0.240. The Hall–Kier alpha value is -3.05. The molecule has 0 radical (unpaired) electrons. The molecule has 1 saturated heterocycles. The fraction of sp³-hybridized carbons (Fsp3) is 0.429. The van der Waals surface area contributed by atoms with Crippen LogP contribution in [-0.4, -0.2) is 68.8 Å². The van der Waals surface area contributed by atoms with Gasteiger partial charge in [0.25, 0.3) is 0 Å². The molecule has 2 aromatic rings. The maximum absolute atomic E-state index is 12.2. The van der Waals surface area contributed by atoms with Gasteiger partial charge < -0.3 is 20.3 Å². The van der Waals surface area contributed by atoms with Gasteiger partial charge in [0, 0.05) is 43.6 Å². The van der Waals surface area contributed by atoms with E-state index < -0.39 is 15.9 Å². The average Bonchev–Trinajstić information content (AvgIpc) is 2.73. The highest BCUT2D eigenvalue weighted by molar-refractivity contribution is 7.89. The van der Waals surface area contributed by atoms with Crippen LogP contribution < -0.4 is 15.5 Å². The summed E-state index contributed by atoms with van der Waals surface area (Å²) in [4.78, 5) is 34.4. The van der Waals surface area contributed by atoms with Gasteiger partial charge in [0.05, 0.1) is 24.7 Å². The number of amides is 2. The van der Waals surface area contributed by atoms with Crippen molar-refractivity contribution >= 4 is 33.2 Å². The highest BCUT2D eigenvalue weighted by atomic mass is 32.2. The zero-order valence-electron chi connectivity index (χ0n) is 18.3. The lowest BCUT2D eigenvalue weighted by atomic mass is 10.1. The molecule has 2 heterocycles. The Morgan fingerprint density at radius 3 is 2.41 bits per heavy atom. The summed E-state index contributed by atoms with van der Waals surface area (Å²) >= 11 is 0. The van der Waals surface area contributed by atoms with Crippen LogP contribution in [0.15, 0.2) is 30.3 Å². The van der Waals surface area contributed by atoms with Crippen molar-refractivity contribution < 1.29 is 22.7 Å². The number of carbonyl (C=O) groups is 2. The summed E-state index contributed by atoms with van der Waals surface area (Å²) in [6.45, 7) is 5.41. The molecule has 1 aliphatic rings. The smallest absolute Gasteiger partial charge is 0.246 e.